The molecule has 9 heteroatoms. The Bertz CT molecular complexity index is 1690. The quantitative estimate of drug-likeness (QED) is 0.350. The Morgan fingerprint density at radius 3 is 2.63 bits per heavy atom. The van der Waals surface area contributed by atoms with Crippen molar-refractivity contribution in [1.29, 1.82) is 0 Å². The molecule has 0 saturated heterocycles. The number of nitrogens with zero attached hydrogens (tertiary/aromatic N) is 2. The first-order valence-corrected chi connectivity index (χ1v) is 12.5. The van der Waals surface area contributed by atoms with Gasteiger partial charge in [-0.2, -0.15) is 0 Å². The van der Waals surface area contributed by atoms with Crippen molar-refractivity contribution in [3.63, 3.8) is 0 Å². The zero-order valence-corrected chi connectivity index (χ0v) is 22.2. The lowest BCUT2D eigenvalue weighted by molar-refractivity contribution is -0.118. The number of halogens is 1. The average molecular weight is 532 g/mol. The Labute approximate surface area is 224 Å². The highest BCUT2D eigenvalue weighted by Crippen LogP contribution is 2.36. The molecule has 2 amide bonds. The van der Waals surface area contributed by atoms with Crippen LogP contribution in [0.1, 0.15) is 52.2 Å². The third-order valence-electron chi connectivity index (χ3n) is 6.88. The summed E-state index contributed by atoms with van der Waals surface area (Å²) in [7, 11) is 1.75. The summed E-state index contributed by atoms with van der Waals surface area (Å²) in [5.74, 6) is -0.146. The number of carbonyl (C=O) groups is 2. The summed E-state index contributed by atoms with van der Waals surface area (Å²) in [4.78, 5) is 43.4. The van der Waals surface area contributed by atoms with Crippen LogP contribution in [0.3, 0.4) is 0 Å². The number of nitrogens with two attached hydrogens (primary N) is 1. The monoisotopic (exact) mass is 531 g/mol. The normalized spacial score (nSPS) is 13.9. The van der Waals surface area contributed by atoms with Crippen molar-refractivity contribution in [2.24, 2.45) is 5.73 Å². The number of amides is 2. The number of fused-ring (bicyclic) bond motifs is 2. The maximum absolute atomic E-state index is 13.5. The van der Waals surface area contributed by atoms with E-state index >= 15 is 0 Å². The molecule has 0 radical (unpaired) electrons. The summed E-state index contributed by atoms with van der Waals surface area (Å²) >= 11 is 5.94. The van der Waals surface area contributed by atoms with Gasteiger partial charge in [-0.3, -0.25) is 14.4 Å². The number of pyridine rings is 1. The van der Waals surface area contributed by atoms with E-state index in [9.17, 15) is 14.4 Å². The fourth-order valence-electron chi connectivity index (χ4n) is 4.87. The van der Waals surface area contributed by atoms with Crippen LogP contribution in [0.5, 0.6) is 5.75 Å². The predicted octanol–water partition coefficient (Wildman–Crippen LogP) is 5.27. The molecule has 1 aliphatic heterocycles. The van der Waals surface area contributed by atoms with Gasteiger partial charge in [-0.15, -0.1) is 0 Å². The molecule has 0 spiro atoms. The number of hydrogen-bond donors (Lipinski definition) is 1. The Balaban J connectivity index is 1.65. The van der Waals surface area contributed by atoms with Crippen LogP contribution in [-0.2, 0) is 11.2 Å². The first kappa shape index (κ1) is 25.5. The van der Waals surface area contributed by atoms with Gasteiger partial charge in [-0.25, -0.2) is 4.98 Å². The highest BCUT2D eigenvalue weighted by atomic mass is 35.5. The van der Waals surface area contributed by atoms with E-state index in [1.165, 1.54) is 12.1 Å². The van der Waals surface area contributed by atoms with Gasteiger partial charge in [-0.05, 0) is 68.7 Å². The van der Waals surface area contributed by atoms with Crippen molar-refractivity contribution in [2.45, 2.75) is 39.7 Å². The van der Waals surface area contributed by atoms with E-state index in [-0.39, 0.29) is 27.9 Å². The second kappa shape index (κ2) is 9.61. The van der Waals surface area contributed by atoms with Gasteiger partial charge < -0.3 is 19.8 Å². The number of primary amides is 1. The Morgan fingerprint density at radius 2 is 1.89 bits per heavy atom. The summed E-state index contributed by atoms with van der Waals surface area (Å²) in [5.41, 5.74) is 10.1. The van der Waals surface area contributed by atoms with Gasteiger partial charge in [0.15, 0.2) is 16.9 Å². The zero-order chi connectivity index (χ0) is 27.3. The average Bonchev–Trinajstić information content (AvgIpc) is 2.89. The topological polar surface area (TPSA) is 116 Å². The number of carbonyl (C=O) groups excluding carboxylic acids is 2. The van der Waals surface area contributed by atoms with Crippen molar-refractivity contribution < 1.29 is 18.7 Å². The summed E-state index contributed by atoms with van der Waals surface area (Å²) < 4.78 is 12.5. The molecular weight excluding hydrogens is 506 g/mol. The number of benzene rings is 2. The molecule has 5 rings (SSSR count). The molecule has 1 atom stereocenters. The molecular formula is C29H26ClN3O5. The molecule has 0 saturated carbocycles. The van der Waals surface area contributed by atoms with Crippen LogP contribution in [0.25, 0.3) is 22.3 Å². The Kier molecular flexibility index (Phi) is 6.44. The van der Waals surface area contributed by atoms with E-state index in [1.807, 2.05) is 31.2 Å². The van der Waals surface area contributed by atoms with Crippen LogP contribution in [0, 0.1) is 13.8 Å². The van der Waals surface area contributed by atoms with Gasteiger partial charge in [0, 0.05) is 35.8 Å². The van der Waals surface area contributed by atoms with Crippen molar-refractivity contribution in [2.75, 3.05) is 11.9 Å². The predicted molar refractivity (Wildman–Crippen MR) is 146 cm³/mol. The van der Waals surface area contributed by atoms with E-state index in [1.54, 1.807) is 31.9 Å². The summed E-state index contributed by atoms with van der Waals surface area (Å²) in [5, 5.41) is 0.537. The SMILES string of the molecule is Cc1cc([C@@H](C)Oc2ccc(Cl)nc2C(N)=O)c2oc(-c3ccc4c(c3)N(C)C(=O)CC4)c(C)c(=O)c2c1. The van der Waals surface area contributed by atoms with Crippen molar-refractivity contribution in [3.05, 3.63) is 85.8 Å². The van der Waals surface area contributed by atoms with Crippen molar-refractivity contribution in [3.8, 4) is 17.1 Å². The molecule has 1 aliphatic rings. The van der Waals surface area contributed by atoms with Crippen LogP contribution in [-0.4, -0.2) is 23.8 Å². The first-order chi connectivity index (χ1) is 18.0. The second-order valence-corrected chi connectivity index (χ2v) is 9.90. The zero-order valence-electron chi connectivity index (χ0n) is 21.4. The van der Waals surface area contributed by atoms with Gasteiger partial charge >= 0.3 is 0 Å². The highest BCUT2D eigenvalue weighted by Gasteiger charge is 2.24. The van der Waals surface area contributed by atoms with Gasteiger partial charge in [0.05, 0.1) is 5.39 Å². The molecule has 2 N–H and O–H groups in total. The minimum absolute atomic E-state index is 0.0436. The van der Waals surface area contributed by atoms with Crippen molar-refractivity contribution in [1.82, 2.24) is 4.98 Å². The van der Waals surface area contributed by atoms with E-state index in [2.05, 4.69) is 4.98 Å². The fraction of sp³-hybridized carbons (Fsp3) is 0.241. The Morgan fingerprint density at radius 1 is 1.13 bits per heavy atom. The lowest BCUT2D eigenvalue weighted by Crippen LogP contribution is -2.31. The molecule has 8 nitrogen and oxygen atoms in total. The molecule has 0 aliphatic carbocycles. The lowest BCUT2D eigenvalue weighted by Gasteiger charge is -2.26. The van der Waals surface area contributed by atoms with Crippen LogP contribution < -0.4 is 20.8 Å². The standard InChI is InChI=1S/C29H26ClN3O5/c1-14-11-19(16(3)37-22-8-9-23(30)32-25(22)29(31)36)28-20(12-14)26(35)15(2)27(38-28)18-6-5-17-7-10-24(34)33(4)21(17)13-18/h5-6,8-9,11-13,16H,7,10H2,1-4H3,(H2,31,36)/t16-/m1/s1. The van der Waals surface area contributed by atoms with E-state index in [0.717, 1.165) is 16.8 Å². The van der Waals surface area contributed by atoms with Gasteiger partial charge in [-0.1, -0.05) is 23.7 Å². The van der Waals surface area contributed by atoms with Crippen LogP contribution in [0.15, 0.2) is 51.7 Å². The molecule has 2 aromatic heterocycles. The third kappa shape index (κ3) is 4.41. The molecule has 0 bridgehead atoms. The van der Waals surface area contributed by atoms with Gasteiger partial charge in [0.1, 0.15) is 22.6 Å². The molecule has 3 heterocycles. The highest BCUT2D eigenvalue weighted by molar-refractivity contribution is 6.29. The van der Waals surface area contributed by atoms with Gasteiger partial charge in [0.25, 0.3) is 5.91 Å². The van der Waals surface area contributed by atoms with Crippen LogP contribution in [0.4, 0.5) is 5.69 Å². The minimum atomic E-state index is -0.774. The second-order valence-electron chi connectivity index (χ2n) is 9.52. The fourth-order valence-corrected chi connectivity index (χ4v) is 5.01. The minimum Gasteiger partial charge on any atom is -0.483 e. The number of rotatable bonds is 5. The van der Waals surface area contributed by atoms with Crippen molar-refractivity contribution >= 4 is 40.1 Å². The van der Waals surface area contributed by atoms with Crippen LogP contribution >= 0.6 is 11.6 Å². The number of ether oxygens (including phenoxy) is 1. The molecule has 0 unspecified atom stereocenters. The number of aryl methyl sites for hydroxylation is 2. The Hall–Kier alpha value is -4.17. The number of aromatic nitrogens is 1. The summed E-state index contributed by atoms with van der Waals surface area (Å²) in [6.07, 6.45) is 0.503. The van der Waals surface area contributed by atoms with Gasteiger partial charge in [0.2, 0.25) is 5.91 Å². The van der Waals surface area contributed by atoms with Crippen LogP contribution in [0.2, 0.25) is 5.15 Å². The maximum atomic E-state index is 13.5. The molecule has 0 fully saturated rings. The molecule has 194 valence electrons. The molecule has 2 aromatic carbocycles. The molecule has 38 heavy (non-hydrogen) atoms. The number of anilines is 1. The first-order valence-electron chi connectivity index (χ1n) is 12.2. The largest absolute Gasteiger partial charge is 0.483 e. The summed E-state index contributed by atoms with van der Waals surface area (Å²) in [6, 6.07) is 12.5. The maximum Gasteiger partial charge on any atom is 0.271 e. The van der Waals surface area contributed by atoms with E-state index in [0.29, 0.717) is 46.3 Å². The third-order valence-corrected chi connectivity index (χ3v) is 7.09. The summed E-state index contributed by atoms with van der Waals surface area (Å²) in [6.45, 7) is 5.40. The number of hydrogen-bond acceptors (Lipinski definition) is 6. The molecule has 4 aromatic rings. The van der Waals surface area contributed by atoms with E-state index < -0.39 is 12.0 Å². The van der Waals surface area contributed by atoms with E-state index in [4.69, 9.17) is 26.5 Å². The lowest BCUT2D eigenvalue weighted by atomic mass is 9.96. The smallest absolute Gasteiger partial charge is 0.271 e.